The average Bonchev–Trinajstić information content (AvgIpc) is 2.27. The van der Waals surface area contributed by atoms with E-state index in [0.29, 0.717) is 0 Å². The molecule has 0 saturated heterocycles. The van der Waals surface area contributed by atoms with Crippen LogP contribution in [0.2, 0.25) is 0 Å². The Hall–Kier alpha value is -1.47. The molecule has 0 aliphatic carbocycles. The number of esters is 1. The van der Waals surface area contributed by atoms with E-state index in [-0.39, 0.29) is 6.61 Å². The van der Waals surface area contributed by atoms with E-state index >= 15 is 0 Å². The fraction of sp³-hybridized carbons (Fsp3) is 0.364. The van der Waals surface area contributed by atoms with E-state index < -0.39 is 38.2 Å². The number of benzene rings is 1. The molecule has 1 aromatic carbocycles. The van der Waals surface area contributed by atoms with E-state index in [1.807, 2.05) is 0 Å². The Morgan fingerprint density at radius 2 is 2.11 bits per heavy atom. The lowest BCUT2D eigenvalue weighted by atomic mass is 10.1. The molecule has 1 rings (SSSR count). The molecule has 0 aliphatic rings. The van der Waals surface area contributed by atoms with Gasteiger partial charge in [0.1, 0.15) is 5.82 Å². The first-order valence-corrected chi connectivity index (χ1v) is 7.01. The van der Waals surface area contributed by atoms with Gasteiger partial charge in [-0.2, -0.15) is 0 Å². The molecule has 0 heterocycles. The van der Waals surface area contributed by atoms with Crippen LogP contribution in [0.25, 0.3) is 0 Å². The van der Waals surface area contributed by atoms with Crippen molar-refractivity contribution in [3.63, 3.8) is 0 Å². The summed E-state index contributed by atoms with van der Waals surface area (Å²) in [5.74, 6) is -2.06. The van der Waals surface area contributed by atoms with Crippen LogP contribution in [0.4, 0.5) is 4.39 Å². The summed E-state index contributed by atoms with van der Waals surface area (Å²) in [6, 6.07) is 3.27. The number of rotatable bonds is 4. The summed E-state index contributed by atoms with van der Waals surface area (Å²) in [5, 5.41) is 9.67. The minimum atomic E-state index is -3.76. The summed E-state index contributed by atoms with van der Waals surface area (Å²) in [7, 11) is -3.76. The summed E-state index contributed by atoms with van der Waals surface area (Å²) in [6.07, 6.45) is -1.10. The summed E-state index contributed by atoms with van der Waals surface area (Å²) >= 11 is 0. The zero-order valence-corrected chi connectivity index (χ0v) is 10.7. The third-order valence-electron chi connectivity index (χ3n) is 2.20. The number of aliphatic hydroxyl groups is 1. The number of carbonyl (C=O) groups is 1. The van der Waals surface area contributed by atoms with Gasteiger partial charge < -0.3 is 9.84 Å². The van der Waals surface area contributed by atoms with Crippen LogP contribution in [0.1, 0.15) is 18.6 Å². The van der Waals surface area contributed by atoms with Gasteiger partial charge in [0.05, 0.1) is 11.5 Å². The molecule has 0 bridgehead atoms. The smallest absolute Gasteiger partial charge is 0.339 e. The van der Waals surface area contributed by atoms with Crippen LogP contribution in [0, 0.1) is 5.82 Å². The molecule has 1 atom stereocenters. The molecule has 18 heavy (non-hydrogen) atoms. The van der Waals surface area contributed by atoms with Crippen molar-refractivity contribution in [1.82, 2.24) is 0 Å². The van der Waals surface area contributed by atoms with Crippen molar-refractivity contribution >= 4 is 15.8 Å². The van der Waals surface area contributed by atoms with Gasteiger partial charge in [0, 0.05) is 11.8 Å². The number of halogens is 1. The normalized spacial score (nSPS) is 13.1. The van der Waals surface area contributed by atoms with Crippen molar-refractivity contribution in [2.45, 2.75) is 17.9 Å². The number of aliphatic hydroxyl groups excluding tert-OH is 1. The quantitative estimate of drug-likeness (QED) is 0.824. The van der Waals surface area contributed by atoms with Gasteiger partial charge in [0.25, 0.3) is 0 Å². The Bertz CT molecular complexity index is 553. The van der Waals surface area contributed by atoms with Crippen LogP contribution in [0.3, 0.4) is 0 Å². The van der Waals surface area contributed by atoms with Gasteiger partial charge in [-0.3, -0.25) is 0 Å². The summed E-state index contributed by atoms with van der Waals surface area (Å²) in [6.45, 7) is 1.52. The first-order valence-electron chi connectivity index (χ1n) is 5.12. The molecule has 1 unspecified atom stereocenters. The van der Waals surface area contributed by atoms with Gasteiger partial charge >= 0.3 is 5.97 Å². The number of hydrogen-bond acceptors (Lipinski definition) is 5. The largest absolute Gasteiger partial charge is 0.464 e. The number of ether oxygens (including phenoxy) is 1. The van der Waals surface area contributed by atoms with Gasteiger partial charge in [0.15, 0.2) is 15.9 Å². The average molecular weight is 276 g/mol. The van der Waals surface area contributed by atoms with E-state index in [4.69, 9.17) is 0 Å². The zero-order valence-electron chi connectivity index (χ0n) is 9.88. The predicted octanol–water partition coefficient (Wildman–Crippen LogP) is 0.826. The van der Waals surface area contributed by atoms with E-state index in [2.05, 4.69) is 4.74 Å². The highest BCUT2D eigenvalue weighted by molar-refractivity contribution is 7.90. The molecule has 0 radical (unpaired) electrons. The van der Waals surface area contributed by atoms with E-state index in [0.717, 1.165) is 18.4 Å². The van der Waals surface area contributed by atoms with Gasteiger partial charge in [-0.25, -0.2) is 17.6 Å². The maximum absolute atomic E-state index is 13.6. The first-order chi connectivity index (χ1) is 8.29. The monoisotopic (exact) mass is 276 g/mol. The Morgan fingerprint density at radius 1 is 1.50 bits per heavy atom. The Labute approximate surface area is 104 Å². The van der Waals surface area contributed by atoms with E-state index in [1.54, 1.807) is 0 Å². The van der Waals surface area contributed by atoms with Crippen LogP contribution >= 0.6 is 0 Å². The Kier molecular flexibility index (Phi) is 4.42. The van der Waals surface area contributed by atoms with E-state index in [1.165, 1.54) is 13.0 Å². The maximum Gasteiger partial charge on any atom is 0.339 e. The molecule has 0 spiro atoms. The summed E-state index contributed by atoms with van der Waals surface area (Å²) < 4.78 is 41.1. The molecule has 1 N–H and O–H groups in total. The molecule has 0 aromatic heterocycles. The van der Waals surface area contributed by atoms with Crippen LogP contribution < -0.4 is 0 Å². The topological polar surface area (TPSA) is 80.7 Å². The lowest BCUT2D eigenvalue weighted by molar-refractivity contribution is -0.153. The van der Waals surface area contributed by atoms with Crippen LogP contribution in [-0.4, -0.2) is 32.4 Å². The lowest BCUT2D eigenvalue weighted by Gasteiger charge is -2.14. The molecular formula is C11H13FO5S. The molecule has 100 valence electrons. The number of carbonyl (C=O) groups excluding carboxylic acids is 1. The molecule has 7 heteroatoms. The van der Waals surface area contributed by atoms with Gasteiger partial charge in [-0.15, -0.1) is 0 Å². The lowest BCUT2D eigenvalue weighted by Crippen LogP contribution is -2.19. The Balaban J connectivity index is 3.35. The molecule has 0 aliphatic heterocycles. The van der Waals surface area contributed by atoms with Crippen molar-refractivity contribution in [2.24, 2.45) is 0 Å². The standard InChI is InChI=1S/C11H13FO5S/c1-3-17-11(14)10(13)9-7(12)5-4-6-8(9)18(2,15)16/h4-6,10,13H,3H2,1-2H3. The minimum Gasteiger partial charge on any atom is -0.464 e. The second kappa shape index (κ2) is 5.45. The van der Waals surface area contributed by atoms with Crippen LogP contribution in [0.15, 0.2) is 23.1 Å². The molecule has 0 amide bonds. The molecule has 0 saturated carbocycles. The summed E-state index contributed by atoms with van der Waals surface area (Å²) in [4.78, 5) is 10.9. The fourth-order valence-corrected chi connectivity index (χ4v) is 2.38. The van der Waals surface area contributed by atoms with Crippen molar-refractivity contribution in [1.29, 1.82) is 0 Å². The maximum atomic E-state index is 13.6. The van der Waals surface area contributed by atoms with Crippen LogP contribution in [-0.2, 0) is 19.4 Å². The highest BCUT2D eigenvalue weighted by atomic mass is 32.2. The van der Waals surface area contributed by atoms with Gasteiger partial charge in [0.2, 0.25) is 0 Å². The van der Waals surface area contributed by atoms with Gasteiger partial charge in [-0.05, 0) is 19.1 Å². The fourth-order valence-electron chi connectivity index (χ4n) is 1.44. The van der Waals surface area contributed by atoms with Gasteiger partial charge in [-0.1, -0.05) is 6.07 Å². The molecule has 1 aromatic rings. The molecule has 5 nitrogen and oxygen atoms in total. The van der Waals surface area contributed by atoms with E-state index in [9.17, 15) is 22.7 Å². The third-order valence-corrected chi connectivity index (χ3v) is 3.35. The molecule has 0 fully saturated rings. The molecular weight excluding hydrogens is 263 g/mol. The zero-order chi connectivity index (χ0) is 13.9. The van der Waals surface area contributed by atoms with Crippen molar-refractivity contribution in [2.75, 3.05) is 12.9 Å². The Morgan fingerprint density at radius 3 is 2.61 bits per heavy atom. The van der Waals surface area contributed by atoms with Crippen LogP contribution in [0.5, 0.6) is 0 Å². The number of hydrogen-bond donors (Lipinski definition) is 1. The van der Waals surface area contributed by atoms with Crippen molar-refractivity contribution in [3.8, 4) is 0 Å². The SMILES string of the molecule is CCOC(=O)C(O)c1c(F)cccc1S(C)(=O)=O. The predicted molar refractivity (Wildman–Crippen MR) is 61.1 cm³/mol. The summed E-state index contributed by atoms with van der Waals surface area (Å²) in [5.41, 5.74) is -0.585. The highest BCUT2D eigenvalue weighted by Gasteiger charge is 2.28. The second-order valence-electron chi connectivity index (χ2n) is 3.58. The first kappa shape index (κ1) is 14.6. The van der Waals surface area contributed by atoms with Crippen molar-refractivity contribution < 1.29 is 27.4 Å². The number of sulfone groups is 1. The van der Waals surface area contributed by atoms with Crippen molar-refractivity contribution in [3.05, 3.63) is 29.6 Å². The third kappa shape index (κ3) is 3.05. The minimum absolute atomic E-state index is 0.00143. The second-order valence-corrected chi connectivity index (χ2v) is 5.56. The highest BCUT2D eigenvalue weighted by Crippen LogP contribution is 2.26.